The molecule has 0 aliphatic heterocycles. The van der Waals surface area contributed by atoms with Crippen molar-refractivity contribution in [2.24, 2.45) is 5.92 Å². The Kier molecular flexibility index (Phi) is 6.56. The summed E-state index contributed by atoms with van der Waals surface area (Å²) in [5.74, 6) is 0.774. The fraction of sp³-hybridized carbons (Fsp3) is 1.00. The topological polar surface area (TPSA) is 9.23 Å². The van der Waals surface area contributed by atoms with E-state index in [0.29, 0.717) is 8.50 Å². The lowest BCUT2D eigenvalue weighted by Gasteiger charge is -2.01. The van der Waals surface area contributed by atoms with Crippen molar-refractivity contribution in [3.05, 3.63) is 0 Å². The van der Waals surface area contributed by atoms with Crippen LogP contribution in [0.3, 0.4) is 0 Å². The number of hydrogen-bond acceptors (Lipinski definition) is 1. The van der Waals surface area contributed by atoms with Crippen molar-refractivity contribution in [2.75, 3.05) is 6.61 Å². The molecule has 0 aliphatic carbocycles. The van der Waals surface area contributed by atoms with Gasteiger partial charge in [-0.3, -0.25) is 0 Å². The second-order valence-electron chi connectivity index (χ2n) is 2.15. The molecule has 0 saturated heterocycles. The molecule has 0 spiro atoms. The summed E-state index contributed by atoms with van der Waals surface area (Å²) in [4.78, 5) is 0. The fourth-order valence-electron chi connectivity index (χ4n) is 0.354. The van der Waals surface area contributed by atoms with E-state index >= 15 is 0 Å². The molecule has 0 rings (SSSR count). The highest BCUT2D eigenvalue weighted by Gasteiger charge is 1.90. The van der Waals surface area contributed by atoms with Crippen LogP contribution in [0.2, 0.25) is 0 Å². The Morgan fingerprint density at radius 1 is 1.62 bits per heavy atom. The molecule has 0 radical (unpaired) electrons. The SMILES string of the molecule is CC(C)CCOPP. The Morgan fingerprint density at radius 2 is 2.25 bits per heavy atom. The van der Waals surface area contributed by atoms with E-state index < -0.39 is 0 Å². The lowest BCUT2D eigenvalue weighted by atomic mass is 10.2. The van der Waals surface area contributed by atoms with Crippen LogP contribution in [0.4, 0.5) is 0 Å². The molecule has 0 heterocycles. The fourth-order valence-corrected chi connectivity index (χ4v) is 0.943. The van der Waals surface area contributed by atoms with Crippen molar-refractivity contribution in [3.63, 3.8) is 0 Å². The van der Waals surface area contributed by atoms with Crippen molar-refractivity contribution < 1.29 is 4.52 Å². The van der Waals surface area contributed by atoms with E-state index in [2.05, 4.69) is 22.8 Å². The lowest BCUT2D eigenvalue weighted by Crippen LogP contribution is -1.91. The summed E-state index contributed by atoms with van der Waals surface area (Å²) in [5, 5.41) is 0. The normalized spacial score (nSPS) is 12.0. The first-order valence-electron chi connectivity index (χ1n) is 2.84. The first-order valence-corrected chi connectivity index (χ1v) is 5.56. The quantitative estimate of drug-likeness (QED) is 0.444. The van der Waals surface area contributed by atoms with Crippen LogP contribution in [0, 0.1) is 5.92 Å². The summed E-state index contributed by atoms with van der Waals surface area (Å²) >= 11 is 0. The predicted molar refractivity (Wildman–Crippen MR) is 43.4 cm³/mol. The highest BCUT2D eigenvalue weighted by Crippen LogP contribution is 2.21. The smallest absolute Gasteiger partial charge is 0.0512 e. The molecule has 0 aromatic heterocycles. The van der Waals surface area contributed by atoms with Crippen molar-refractivity contribution in [1.82, 2.24) is 0 Å². The maximum atomic E-state index is 5.14. The molecule has 0 saturated carbocycles. The first kappa shape index (κ1) is 8.82. The Labute approximate surface area is 55.5 Å². The Hall–Kier alpha value is 0.820. The van der Waals surface area contributed by atoms with Crippen LogP contribution >= 0.6 is 17.4 Å². The van der Waals surface area contributed by atoms with Crippen LogP contribution in [0.1, 0.15) is 20.3 Å². The van der Waals surface area contributed by atoms with Crippen LogP contribution in [-0.4, -0.2) is 6.61 Å². The van der Waals surface area contributed by atoms with Crippen molar-refractivity contribution in [1.29, 1.82) is 0 Å². The van der Waals surface area contributed by atoms with Gasteiger partial charge in [-0.15, -0.1) is 0 Å². The summed E-state index contributed by atoms with van der Waals surface area (Å²) in [6.45, 7) is 5.32. The Bertz CT molecular complexity index is 47.7. The largest absolute Gasteiger partial charge is 0.358 e. The zero-order valence-electron chi connectivity index (χ0n) is 5.48. The van der Waals surface area contributed by atoms with E-state index in [9.17, 15) is 0 Å². The van der Waals surface area contributed by atoms with E-state index in [1.165, 1.54) is 6.42 Å². The maximum absolute atomic E-state index is 5.14. The molecular weight excluding hydrogens is 138 g/mol. The zero-order valence-corrected chi connectivity index (χ0v) is 7.63. The molecule has 2 unspecified atom stereocenters. The molecule has 0 aromatic carbocycles. The van der Waals surface area contributed by atoms with Gasteiger partial charge in [-0.2, -0.15) is 0 Å². The van der Waals surface area contributed by atoms with Gasteiger partial charge >= 0.3 is 0 Å². The third-order valence-electron chi connectivity index (χ3n) is 0.881. The van der Waals surface area contributed by atoms with Gasteiger partial charge in [-0.25, -0.2) is 0 Å². The zero-order chi connectivity index (χ0) is 6.41. The summed E-state index contributed by atoms with van der Waals surface area (Å²) < 4.78 is 5.14. The average Bonchev–Trinajstić information content (AvgIpc) is 1.66. The minimum absolute atomic E-state index is 0.574. The molecule has 0 fully saturated rings. The van der Waals surface area contributed by atoms with Gasteiger partial charge in [-0.1, -0.05) is 22.8 Å². The van der Waals surface area contributed by atoms with E-state index in [4.69, 9.17) is 4.52 Å². The molecule has 0 bridgehead atoms. The van der Waals surface area contributed by atoms with Crippen LogP contribution < -0.4 is 0 Å². The van der Waals surface area contributed by atoms with Crippen LogP contribution in [0.5, 0.6) is 0 Å². The lowest BCUT2D eigenvalue weighted by molar-refractivity contribution is 0.331. The van der Waals surface area contributed by atoms with Crippen molar-refractivity contribution >= 4 is 17.4 Å². The van der Waals surface area contributed by atoms with Gasteiger partial charge in [0.2, 0.25) is 0 Å². The number of hydrogen-bond donors (Lipinski definition) is 0. The van der Waals surface area contributed by atoms with Gasteiger partial charge in [0.15, 0.2) is 0 Å². The third kappa shape index (κ3) is 6.82. The second kappa shape index (κ2) is 5.95. The maximum Gasteiger partial charge on any atom is 0.0512 e. The molecule has 3 heteroatoms. The Morgan fingerprint density at radius 3 is 2.62 bits per heavy atom. The van der Waals surface area contributed by atoms with E-state index in [1.54, 1.807) is 0 Å². The monoisotopic (exact) mass is 152 g/mol. The summed E-state index contributed by atoms with van der Waals surface area (Å²) in [7, 11) is 3.14. The summed E-state index contributed by atoms with van der Waals surface area (Å²) in [6.07, 6.45) is 1.18. The van der Waals surface area contributed by atoms with Gasteiger partial charge in [0, 0.05) is 8.50 Å². The van der Waals surface area contributed by atoms with Crippen molar-refractivity contribution in [2.45, 2.75) is 20.3 Å². The second-order valence-corrected chi connectivity index (χ2v) is 3.38. The van der Waals surface area contributed by atoms with Crippen molar-refractivity contribution in [3.8, 4) is 0 Å². The molecular formula is C5H14OP2. The van der Waals surface area contributed by atoms with Crippen LogP contribution in [-0.2, 0) is 4.52 Å². The number of rotatable bonds is 4. The van der Waals surface area contributed by atoms with E-state index in [0.717, 1.165) is 12.5 Å². The van der Waals surface area contributed by atoms with Crippen LogP contribution in [0.25, 0.3) is 0 Å². The van der Waals surface area contributed by atoms with E-state index in [-0.39, 0.29) is 0 Å². The molecule has 0 aromatic rings. The molecule has 2 atom stereocenters. The minimum Gasteiger partial charge on any atom is -0.358 e. The Balaban J connectivity index is 2.72. The average molecular weight is 152 g/mol. The highest BCUT2D eigenvalue weighted by molar-refractivity contribution is 8.00. The van der Waals surface area contributed by atoms with Gasteiger partial charge in [0.05, 0.1) is 6.61 Å². The highest BCUT2D eigenvalue weighted by atomic mass is 32.0. The van der Waals surface area contributed by atoms with Gasteiger partial charge < -0.3 is 4.52 Å². The standard InChI is InChI=1S/C5H14OP2/c1-5(2)3-4-6-8-7/h5,8H,3-4,7H2,1-2H3. The van der Waals surface area contributed by atoms with Gasteiger partial charge in [0.1, 0.15) is 0 Å². The van der Waals surface area contributed by atoms with Gasteiger partial charge in [0.25, 0.3) is 0 Å². The van der Waals surface area contributed by atoms with Crippen LogP contribution in [0.15, 0.2) is 0 Å². The minimum atomic E-state index is 0.574. The summed E-state index contributed by atoms with van der Waals surface area (Å²) in [5.41, 5.74) is 0. The molecule has 0 N–H and O–H groups in total. The molecule has 1 nitrogen and oxygen atoms in total. The molecule has 0 aliphatic rings. The molecule has 50 valence electrons. The molecule has 8 heavy (non-hydrogen) atoms. The summed E-state index contributed by atoms with van der Waals surface area (Å²) in [6, 6.07) is 0. The third-order valence-corrected chi connectivity index (χ3v) is 1.75. The molecule has 0 amide bonds. The first-order chi connectivity index (χ1) is 3.77. The van der Waals surface area contributed by atoms with Gasteiger partial charge in [-0.05, 0) is 12.3 Å². The predicted octanol–water partition coefficient (Wildman–Crippen LogP) is 2.43. The van der Waals surface area contributed by atoms with E-state index in [1.807, 2.05) is 0 Å².